The van der Waals surface area contributed by atoms with Crippen LogP contribution in [0.15, 0.2) is 0 Å². The van der Waals surface area contributed by atoms with Crippen LogP contribution in [-0.2, 0) is 4.79 Å². The molecule has 0 aromatic rings. The Morgan fingerprint density at radius 2 is 1.90 bits per heavy atom. The van der Waals surface area contributed by atoms with Gasteiger partial charge in [-0.15, -0.1) is 0 Å². The first kappa shape index (κ1) is 13.9. The molecule has 10 heavy (non-hydrogen) atoms. The number of hydrogen-bond acceptors (Lipinski definition) is 2. The van der Waals surface area contributed by atoms with Gasteiger partial charge in [0, 0.05) is 0 Å². The van der Waals surface area contributed by atoms with Crippen molar-refractivity contribution in [2.75, 3.05) is 6.67 Å². The molecule has 0 heterocycles. The average Bonchev–Trinajstić information content (AvgIpc) is 1.84. The molecule has 0 aromatic heterocycles. The van der Waals surface area contributed by atoms with Crippen molar-refractivity contribution >= 4 is 5.97 Å². The smallest absolute Gasteiger partial charge is 0.547 e. The van der Waals surface area contributed by atoms with Gasteiger partial charge >= 0.3 is 68.9 Å². The number of alkyl halides is 3. The normalized spacial score (nSPS) is 15.1. The fourth-order valence-electron chi connectivity index (χ4n) is 0.226. The largest absolute Gasteiger partial charge is 1.00 e. The molecule has 0 aliphatic rings. The monoisotopic (exact) mass is 274 g/mol. The van der Waals surface area contributed by atoms with Gasteiger partial charge in [0.25, 0.3) is 0 Å². The summed E-state index contributed by atoms with van der Waals surface area (Å²) in [5.74, 6) is -2.22. The van der Waals surface area contributed by atoms with Crippen molar-refractivity contribution in [2.24, 2.45) is 0 Å². The Labute approximate surface area is 115 Å². The predicted octanol–water partition coefficient (Wildman–Crippen LogP) is -3.61. The van der Waals surface area contributed by atoms with Crippen LogP contribution in [0, 0.1) is 0 Å². The van der Waals surface area contributed by atoms with Crippen LogP contribution in [0.5, 0.6) is 0 Å². The van der Waals surface area contributed by atoms with Crippen molar-refractivity contribution in [1.29, 1.82) is 0 Å². The minimum absolute atomic E-state index is 0. The molecular weight excluding hydrogens is 270 g/mol. The molecule has 54 valence electrons. The zero-order valence-corrected chi connectivity index (χ0v) is 11.6. The van der Waals surface area contributed by atoms with Gasteiger partial charge in [-0.1, -0.05) is 0 Å². The van der Waals surface area contributed by atoms with E-state index in [2.05, 4.69) is 0 Å². The van der Waals surface area contributed by atoms with Gasteiger partial charge in [-0.3, -0.25) is 0 Å². The SMILES string of the molecule is O=C([O-])C(F)C(F)CF.[Cs+]. The fourth-order valence-corrected chi connectivity index (χ4v) is 0.226. The van der Waals surface area contributed by atoms with Gasteiger partial charge in [0.1, 0.15) is 6.67 Å². The van der Waals surface area contributed by atoms with E-state index in [1.54, 1.807) is 0 Å². The van der Waals surface area contributed by atoms with E-state index in [1.807, 2.05) is 0 Å². The molecule has 0 bridgehead atoms. The average molecular weight is 274 g/mol. The molecule has 0 amide bonds. The molecule has 0 spiro atoms. The molecule has 0 saturated carbocycles. The third kappa shape index (κ3) is 5.03. The number of carboxylic acids is 1. The summed E-state index contributed by atoms with van der Waals surface area (Å²) in [6.45, 7) is -1.64. The molecule has 0 saturated heterocycles. The molecule has 0 aliphatic heterocycles. The molecule has 0 fully saturated rings. The number of hydrogen-bond donors (Lipinski definition) is 0. The van der Waals surface area contributed by atoms with Crippen molar-refractivity contribution in [2.45, 2.75) is 12.3 Å². The number of halogens is 3. The summed E-state index contributed by atoms with van der Waals surface area (Å²) in [4.78, 5) is 9.41. The van der Waals surface area contributed by atoms with Crippen LogP contribution in [-0.4, -0.2) is 25.0 Å². The molecule has 0 N–H and O–H groups in total. The third-order valence-electron chi connectivity index (χ3n) is 0.690. The minimum atomic E-state index is -2.85. The molecule has 6 heteroatoms. The molecule has 0 rings (SSSR count). The van der Waals surface area contributed by atoms with Crippen LogP contribution in [0.3, 0.4) is 0 Å². The molecule has 2 atom stereocenters. The van der Waals surface area contributed by atoms with Crippen LogP contribution < -0.4 is 74.0 Å². The molecular formula is C4H4CsF3O2. The van der Waals surface area contributed by atoms with Gasteiger partial charge in [-0.25, -0.2) is 13.2 Å². The van der Waals surface area contributed by atoms with E-state index in [0.29, 0.717) is 0 Å². The second-order valence-corrected chi connectivity index (χ2v) is 1.39. The summed E-state index contributed by atoms with van der Waals surface area (Å²) in [7, 11) is 0. The summed E-state index contributed by atoms with van der Waals surface area (Å²) >= 11 is 0. The first-order valence-corrected chi connectivity index (χ1v) is 2.14. The van der Waals surface area contributed by atoms with Crippen molar-refractivity contribution in [3.63, 3.8) is 0 Å². The quantitative estimate of drug-likeness (QED) is 0.533. The van der Waals surface area contributed by atoms with Gasteiger partial charge in [0.15, 0.2) is 12.3 Å². The Hall–Kier alpha value is 1.31. The van der Waals surface area contributed by atoms with E-state index >= 15 is 0 Å². The maximum absolute atomic E-state index is 11.6. The number of carbonyl (C=O) groups excluding carboxylic acids is 1. The summed E-state index contributed by atoms with van der Waals surface area (Å²) < 4.78 is 34.3. The van der Waals surface area contributed by atoms with E-state index in [9.17, 15) is 23.1 Å². The molecule has 0 aliphatic carbocycles. The Balaban J connectivity index is 0. The van der Waals surface area contributed by atoms with Crippen LogP contribution >= 0.6 is 0 Å². The summed E-state index contributed by atoms with van der Waals surface area (Å²) in [5.41, 5.74) is 0. The zero-order valence-electron chi connectivity index (χ0n) is 5.31. The second kappa shape index (κ2) is 6.99. The third-order valence-corrected chi connectivity index (χ3v) is 0.690. The van der Waals surface area contributed by atoms with Crippen molar-refractivity contribution in [3.8, 4) is 0 Å². The topological polar surface area (TPSA) is 40.1 Å². The fraction of sp³-hybridized carbons (Fsp3) is 0.750. The first-order chi connectivity index (χ1) is 4.09. The van der Waals surface area contributed by atoms with Crippen LogP contribution in [0.4, 0.5) is 13.2 Å². The van der Waals surface area contributed by atoms with E-state index in [-0.39, 0.29) is 68.9 Å². The Bertz CT molecular complexity index is 111. The number of rotatable bonds is 3. The van der Waals surface area contributed by atoms with E-state index < -0.39 is 25.0 Å². The van der Waals surface area contributed by atoms with Gasteiger partial charge in [0.05, 0.1) is 5.97 Å². The van der Waals surface area contributed by atoms with Gasteiger partial charge in [-0.05, 0) is 0 Å². The van der Waals surface area contributed by atoms with Gasteiger partial charge in [0.2, 0.25) is 0 Å². The van der Waals surface area contributed by atoms with Crippen LogP contribution in [0.2, 0.25) is 0 Å². The van der Waals surface area contributed by atoms with E-state index in [0.717, 1.165) is 0 Å². The Kier molecular flexibility index (Phi) is 9.69. The van der Waals surface area contributed by atoms with Crippen LogP contribution in [0.1, 0.15) is 0 Å². The number of carbonyl (C=O) groups is 1. The second-order valence-electron chi connectivity index (χ2n) is 1.39. The van der Waals surface area contributed by atoms with E-state index in [4.69, 9.17) is 0 Å². The van der Waals surface area contributed by atoms with Gasteiger partial charge < -0.3 is 9.90 Å². The van der Waals surface area contributed by atoms with Crippen LogP contribution in [0.25, 0.3) is 0 Å². The Morgan fingerprint density at radius 1 is 1.50 bits per heavy atom. The standard InChI is InChI=1S/C4H5F3O2.Cs/c5-1-2(6)3(7)4(8)9;/h2-3H,1H2,(H,8,9);/q;+1/p-1. The summed E-state index contributed by atoms with van der Waals surface area (Å²) in [6, 6.07) is 0. The molecule has 2 unspecified atom stereocenters. The predicted molar refractivity (Wildman–Crippen MR) is 20.8 cm³/mol. The number of carboxylic acid groups (broad SMARTS) is 1. The van der Waals surface area contributed by atoms with E-state index in [1.165, 1.54) is 0 Å². The summed E-state index contributed by atoms with van der Waals surface area (Å²) in [5, 5.41) is 9.41. The maximum atomic E-state index is 11.6. The Morgan fingerprint density at radius 3 is 2.00 bits per heavy atom. The molecule has 0 aromatic carbocycles. The van der Waals surface area contributed by atoms with Crippen molar-refractivity contribution in [1.82, 2.24) is 0 Å². The minimum Gasteiger partial charge on any atom is -0.547 e. The van der Waals surface area contributed by atoms with Gasteiger partial charge in [-0.2, -0.15) is 0 Å². The zero-order chi connectivity index (χ0) is 7.44. The molecule has 0 radical (unpaired) electrons. The summed E-state index contributed by atoms with van der Waals surface area (Å²) in [6.07, 6.45) is -5.45. The van der Waals surface area contributed by atoms with Crippen molar-refractivity contribution < 1.29 is 92.0 Å². The number of aliphatic carboxylic acids is 1. The van der Waals surface area contributed by atoms with Crippen molar-refractivity contribution in [3.05, 3.63) is 0 Å². The maximum Gasteiger partial charge on any atom is 1.00 e. The first-order valence-electron chi connectivity index (χ1n) is 2.14. The molecule has 2 nitrogen and oxygen atoms in total.